The maximum atomic E-state index is 17.3. The summed E-state index contributed by atoms with van der Waals surface area (Å²) < 4.78 is 207. The molecule has 568 valence electrons. The van der Waals surface area contributed by atoms with Gasteiger partial charge in [0.15, 0.2) is 22.1 Å². The van der Waals surface area contributed by atoms with Gasteiger partial charge in [-0.25, -0.2) is 9.98 Å². The third kappa shape index (κ3) is 16.3. The molecule has 0 unspecified atom stereocenters. The number of ketones is 2. The van der Waals surface area contributed by atoms with Gasteiger partial charge in [-0.3, -0.25) is 9.59 Å². The summed E-state index contributed by atoms with van der Waals surface area (Å²) in [6.45, 7) is 8.32. The second-order valence-corrected chi connectivity index (χ2v) is 24.9. The van der Waals surface area contributed by atoms with E-state index in [-0.39, 0.29) is 40.8 Å². The molecule has 33 heteroatoms. The number of halogens is 16. The van der Waals surface area contributed by atoms with Crippen LogP contribution in [0.1, 0.15) is 62.6 Å². The van der Waals surface area contributed by atoms with Crippen LogP contribution < -0.4 is 60.2 Å². The first-order valence-corrected chi connectivity index (χ1v) is 32.2. The first kappa shape index (κ1) is 84.0. The molecule has 0 bridgehead atoms. The zero-order valence-corrected chi connectivity index (χ0v) is 61.4. The van der Waals surface area contributed by atoms with E-state index < -0.39 is 73.9 Å². The van der Waals surface area contributed by atoms with Crippen molar-refractivity contribution >= 4 is 104 Å². The third-order valence-electron chi connectivity index (χ3n) is 17.5. The molecule has 0 radical (unpaired) electrons. The van der Waals surface area contributed by atoms with Crippen molar-refractivity contribution in [3.05, 3.63) is 271 Å². The number of aliphatic imine (C=N–C) groups is 2. The van der Waals surface area contributed by atoms with Gasteiger partial charge in [0, 0.05) is 73.8 Å². The SMILES string of the molecule is CC#N.Cc1cccc(C)c1N=C1C2=c3[n-]c4ccccc4c3=[N+](c3c(C)cccc3C)[B-](F)(F)N2c2ccccc21.Cc1cccc(C)c1N=C1C2=c3[n-]c4ccccc4c3=[N+](c3c(C)cccc3C)[B-](F)(F)N2c2ccccc21.O=C(/C=C(\[O-])C(F)(F)F)C(F)(F)F.O=C(/C=C(\[O-])C(F)(F)F)C(F)(F)F.[Pd+2].[Pd+2]. The van der Waals surface area contributed by atoms with Gasteiger partial charge in [0.2, 0.25) is 0 Å². The zero-order valence-electron chi connectivity index (χ0n) is 58.3. The van der Waals surface area contributed by atoms with E-state index in [0.717, 1.165) is 55.9 Å². The van der Waals surface area contributed by atoms with Crippen LogP contribution in [0, 0.1) is 66.7 Å². The normalized spacial score (nSPS) is 15.4. The molecule has 13 nitrogen and oxygen atoms in total. The average Bonchev–Trinajstić information content (AvgIpc) is 1.55. The van der Waals surface area contributed by atoms with Crippen molar-refractivity contribution < 1.29 is 131 Å². The zero-order chi connectivity index (χ0) is 78.5. The molecular formula is C76H57B2F16N9O4Pd2. The van der Waals surface area contributed by atoms with Gasteiger partial charge in [0.25, 0.3) is 11.6 Å². The fraction of sp³-hybridized carbons (Fsp3) is 0.171. The number of anilines is 2. The Morgan fingerprint density at radius 2 is 0.697 bits per heavy atom. The molecule has 0 amide bonds. The maximum absolute atomic E-state index is 17.3. The maximum Gasteiger partial charge on any atom is 2.00 e. The van der Waals surface area contributed by atoms with Crippen molar-refractivity contribution in [2.45, 2.75) is 87.0 Å². The average molecular weight is 1700 g/mol. The first-order chi connectivity index (χ1) is 50.1. The van der Waals surface area contributed by atoms with Crippen LogP contribution in [0.5, 0.6) is 0 Å². The molecule has 4 aliphatic heterocycles. The standard InChI is InChI=1S/2C32H26BF2N4.2C5H2F6O2.C2H3N.2Pd/c2*1-19-11-9-12-20(2)27(19)37-28-24-16-6-8-18-26(24)38-32(28)29-31(23-15-5-7-17-25(23)36-29)39(33(38,34)35)30-21(3)13-10-14-22(30)4;2*6-4(7,8)2(12)1-3(13)5(9,10)11;1-2-3;;/h2*5-18H,1-4H3;2*1,12H;1H3;;/q2*-1;;;;2*+2/p-2/b;;2*2-1-;;;. The molecule has 0 atom stereocenters. The van der Waals surface area contributed by atoms with Gasteiger partial charge in [0.1, 0.15) is 0 Å². The number of nitriles is 1. The van der Waals surface area contributed by atoms with Gasteiger partial charge in [-0.2, -0.15) is 57.9 Å². The number of aryl methyl sites for hydroxylation is 8. The Hall–Kier alpha value is -10.6. The number of fused-ring (bicyclic) bond motifs is 12. The summed E-state index contributed by atoms with van der Waals surface area (Å²) in [6.07, 6.45) is -23.9. The van der Waals surface area contributed by atoms with Crippen molar-refractivity contribution in [3.8, 4) is 6.07 Å². The van der Waals surface area contributed by atoms with Crippen LogP contribution in [-0.2, 0) is 50.4 Å². The van der Waals surface area contributed by atoms with Gasteiger partial charge in [0.05, 0.1) is 28.9 Å². The molecule has 14 rings (SSSR count). The van der Waals surface area contributed by atoms with E-state index in [0.29, 0.717) is 99.9 Å². The summed E-state index contributed by atoms with van der Waals surface area (Å²) in [5, 5.41) is 30.3. The van der Waals surface area contributed by atoms with E-state index in [4.69, 9.17) is 25.2 Å². The summed E-state index contributed by atoms with van der Waals surface area (Å²) in [5.41, 5.74) is 15.1. The summed E-state index contributed by atoms with van der Waals surface area (Å²) in [6, 6.07) is 54.8. The Morgan fingerprint density at radius 3 is 0.982 bits per heavy atom. The fourth-order valence-electron chi connectivity index (χ4n) is 13.0. The molecular weight excluding hydrogens is 1640 g/mol. The number of para-hydroxylation sites is 8. The van der Waals surface area contributed by atoms with E-state index in [1.165, 1.54) is 25.5 Å². The predicted molar refractivity (Wildman–Crippen MR) is 373 cm³/mol. The van der Waals surface area contributed by atoms with Crippen molar-refractivity contribution in [1.29, 1.82) is 5.26 Å². The first-order valence-electron chi connectivity index (χ1n) is 32.2. The summed E-state index contributed by atoms with van der Waals surface area (Å²) in [5.74, 6) is -11.3. The molecule has 4 aliphatic rings. The Labute approximate surface area is 638 Å². The molecule has 0 saturated heterocycles. The fourth-order valence-corrected chi connectivity index (χ4v) is 13.0. The number of allylic oxidation sites excluding steroid dienone is 4. The number of hydrogen-bond donors (Lipinski definition) is 0. The largest absolute Gasteiger partial charge is 2.00 e. The minimum Gasteiger partial charge on any atom is -0.869 e. The number of alkyl halides is 12. The molecule has 0 aliphatic carbocycles. The van der Waals surface area contributed by atoms with Crippen molar-refractivity contribution in [2.24, 2.45) is 9.98 Å². The quantitative estimate of drug-likeness (QED) is 0.0680. The number of rotatable bonds is 6. The van der Waals surface area contributed by atoms with Crippen LogP contribution >= 0.6 is 0 Å². The smallest absolute Gasteiger partial charge is 0.869 e. The summed E-state index contributed by atoms with van der Waals surface area (Å²) in [4.78, 5) is 42.2. The van der Waals surface area contributed by atoms with Crippen LogP contribution in [0.4, 0.5) is 104 Å². The molecule has 0 spiro atoms. The van der Waals surface area contributed by atoms with Crippen LogP contribution in [-0.4, -0.2) is 61.6 Å². The number of carbonyl (C=O) groups is 2. The topological polar surface area (TPSA) is 169 Å². The minimum absolute atomic E-state index is 0. The van der Waals surface area contributed by atoms with Crippen LogP contribution in [0.2, 0.25) is 0 Å². The van der Waals surface area contributed by atoms with Crippen molar-refractivity contribution in [3.63, 3.8) is 0 Å². The number of carbonyl (C=O) groups excluding carboxylic acids is 2. The Kier molecular flexibility index (Phi) is 24.6. The van der Waals surface area contributed by atoms with E-state index in [9.17, 15) is 72.5 Å². The second-order valence-electron chi connectivity index (χ2n) is 24.9. The van der Waals surface area contributed by atoms with Gasteiger partial charge in [-0.1, -0.05) is 146 Å². The van der Waals surface area contributed by atoms with Crippen LogP contribution in [0.15, 0.2) is 204 Å². The monoisotopic (exact) mass is 1700 g/mol. The second kappa shape index (κ2) is 31.9. The number of aromatic nitrogens is 2. The summed E-state index contributed by atoms with van der Waals surface area (Å²) in [7, 11) is 0. The van der Waals surface area contributed by atoms with E-state index >= 15 is 17.3 Å². The van der Waals surface area contributed by atoms with E-state index in [1.807, 2.05) is 201 Å². The van der Waals surface area contributed by atoms with Gasteiger partial charge >= 0.3 is 79.5 Å². The Bertz CT molecular complexity index is 5320. The molecule has 0 fully saturated rings. The van der Waals surface area contributed by atoms with Gasteiger partial charge in [-0.05, 0) is 136 Å². The molecule has 2 aromatic heterocycles. The minimum atomic E-state index is -5.46. The molecule has 109 heavy (non-hydrogen) atoms. The van der Waals surface area contributed by atoms with E-state index in [1.54, 1.807) is 30.3 Å². The third-order valence-corrected chi connectivity index (χ3v) is 17.5. The van der Waals surface area contributed by atoms with Crippen molar-refractivity contribution in [1.82, 2.24) is 18.9 Å². The molecule has 10 aromatic rings. The molecule has 0 N–H and O–H groups in total. The number of nitrogens with zero attached hydrogens (tertiary/aromatic N) is 9. The number of hydrogen-bond acceptors (Lipinski definition) is 9. The van der Waals surface area contributed by atoms with E-state index in [2.05, 4.69) is 0 Å². The van der Waals surface area contributed by atoms with Crippen LogP contribution in [0.25, 0.3) is 33.2 Å². The summed E-state index contributed by atoms with van der Waals surface area (Å²) >= 11 is 0. The van der Waals surface area contributed by atoms with Gasteiger partial charge < -0.3 is 56.0 Å². The predicted octanol–water partition coefficient (Wildman–Crippen LogP) is 14.4. The number of benzene rings is 8. The molecule has 0 saturated carbocycles. The van der Waals surface area contributed by atoms with Gasteiger partial charge in [-0.15, -0.1) is 11.0 Å². The Morgan fingerprint density at radius 1 is 0.431 bits per heavy atom. The van der Waals surface area contributed by atoms with Crippen LogP contribution in [0.3, 0.4) is 0 Å². The van der Waals surface area contributed by atoms with Crippen molar-refractivity contribution in [2.75, 3.05) is 9.62 Å². The molecule has 8 aromatic carbocycles. The Balaban J connectivity index is 0.000000200. The molecule has 6 heterocycles.